The Bertz CT molecular complexity index is 385. The van der Waals surface area contributed by atoms with Gasteiger partial charge in [-0.3, -0.25) is 4.90 Å². The molecule has 1 saturated heterocycles. The van der Waals surface area contributed by atoms with Gasteiger partial charge >= 0.3 is 0 Å². The first-order valence-corrected chi connectivity index (χ1v) is 7.65. The molecule has 2 heteroatoms. The molecule has 106 valence electrons. The summed E-state index contributed by atoms with van der Waals surface area (Å²) in [6, 6.07) is 10.2. The molecule has 0 radical (unpaired) electrons. The number of piperidine rings is 1. The molecule has 3 atom stereocenters. The first kappa shape index (κ1) is 14.5. The number of benzene rings is 1. The summed E-state index contributed by atoms with van der Waals surface area (Å²) < 4.78 is 0. The lowest BCUT2D eigenvalue weighted by atomic mass is 9.91. The van der Waals surface area contributed by atoms with Crippen LogP contribution < -0.4 is 5.32 Å². The molecule has 0 aliphatic carbocycles. The summed E-state index contributed by atoms with van der Waals surface area (Å²) >= 11 is 0. The lowest BCUT2D eigenvalue weighted by molar-refractivity contribution is 0.112. The predicted octanol–water partition coefficient (Wildman–Crippen LogP) is 3.38. The van der Waals surface area contributed by atoms with Crippen LogP contribution in [-0.2, 0) is 0 Å². The van der Waals surface area contributed by atoms with Crippen molar-refractivity contribution in [3.63, 3.8) is 0 Å². The van der Waals surface area contributed by atoms with Crippen molar-refractivity contribution >= 4 is 0 Å². The molecule has 2 rings (SSSR count). The molecule has 1 aromatic carbocycles. The molecule has 0 spiro atoms. The lowest BCUT2D eigenvalue weighted by Crippen LogP contribution is -2.48. The summed E-state index contributed by atoms with van der Waals surface area (Å²) in [6.45, 7) is 12.6. The van der Waals surface area contributed by atoms with Gasteiger partial charge in [0.25, 0.3) is 0 Å². The smallest absolute Gasteiger partial charge is 0.0320 e. The molecule has 3 unspecified atom stereocenters. The zero-order chi connectivity index (χ0) is 13.8. The molecule has 1 aliphatic rings. The van der Waals surface area contributed by atoms with E-state index in [2.05, 4.69) is 62.2 Å². The second kappa shape index (κ2) is 6.53. The number of nitrogens with one attached hydrogen (secondary N) is 1. The van der Waals surface area contributed by atoms with Crippen LogP contribution in [0.2, 0.25) is 0 Å². The summed E-state index contributed by atoms with van der Waals surface area (Å²) in [5.74, 6) is 0.738. The first-order chi connectivity index (χ1) is 9.11. The van der Waals surface area contributed by atoms with Gasteiger partial charge in [0.1, 0.15) is 0 Å². The minimum atomic E-state index is 0.533. The van der Waals surface area contributed by atoms with E-state index in [4.69, 9.17) is 0 Å². The Morgan fingerprint density at radius 2 is 2.00 bits per heavy atom. The van der Waals surface area contributed by atoms with Crippen molar-refractivity contribution in [3.05, 3.63) is 35.4 Å². The highest BCUT2D eigenvalue weighted by Crippen LogP contribution is 2.26. The van der Waals surface area contributed by atoms with Gasteiger partial charge in [-0.2, -0.15) is 0 Å². The fourth-order valence-electron chi connectivity index (χ4n) is 3.15. The second-order valence-corrected chi connectivity index (χ2v) is 6.01. The fraction of sp³-hybridized carbons (Fsp3) is 0.647. The topological polar surface area (TPSA) is 15.3 Å². The van der Waals surface area contributed by atoms with Gasteiger partial charge in [0.05, 0.1) is 0 Å². The van der Waals surface area contributed by atoms with Crippen LogP contribution in [-0.4, -0.2) is 30.6 Å². The van der Waals surface area contributed by atoms with Crippen LogP contribution in [0.3, 0.4) is 0 Å². The highest BCUT2D eigenvalue weighted by Gasteiger charge is 2.28. The Morgan fingerprint density at radius 3 is 2.58 bits per heavy atom. The Morgan fingerprint density at radius 1 is 1.32 bits per heavy atom. The Labute approximate surface area is 118 Å². The van der Waals surface area contributed by atoms with E-state index in [0.29, 0.717) is 12.1 Å². The Kier molecular flexibility index (Phi) is 5.00. The summed E-state index contributed by atoms with van der Waals surface area (Å²) in [7, 11) is 0. The van der Waals surface area contributed by atoms with Crippen LogP contribution in [0.5, 0.6) is 0 Å². The standard InChI is InChI=1S/C17H28N2/c1-5-18-17-10-11-19(12-14(17)3)15(4)16-8-6-13(2)7-9-16/h6-9,14-15,17-18H,5,10-12H2,1-4H3. The fourth-order valence-corrected chi connectivity index (χ4v) is 3.15. The van der Waals surface area contributed by atoms with E-state index in [1.807, 2.05) is 0 Å². The minimum Gasteiger partial charge on any atom is -0.314 e. The van der Waals surface area contributed by atoms with Gasteiger partial charge in [-0.25, -0.2) is 0 Å². The molecule has 1 fully saturated rings. The molecule has 1 aliphatic heterocycles. The lowest BCUT2D eigenvalue weighted by Gasteiger charge is -2.40. The normalized spacial score (nSPS) is 26.3. The van der Waals surface area contributed by atoms with Gasteiger partial charge in [-0.1, -0.05) is 43.7 Å². The summed E-state index contributed by atoms with van der Waals surface area (Å²) in [5, 5.41) is 3.61. The molecule has 1 N–H and O–H groups in total. The van der Waals surface area contributed by atoms with E-state index in [1.165, 1.54) is 30.6 Å². The highest BCUT2D eigenvalue weighted by atomic mass is 15.2. The number of aryl methyl sites for hydroxylation is 1. The summed E-state index contributed by atoms with van der Waals surface area (Å²) in [6.07, 6.45) is 1.27. The molecular formula is C17H28N2. The van der Waals surface area contributed by atoms with Crippen LogP contribution in [0.4, 0.5) is 0 Å². The summed E-state index contributed by atoms with van der Waals surface area (Å²) in [4.78, 5) is 2.63. The number of likely N-dealkylation sites (tertiary alicyclic amines) is 1. The molecule has 0 saturated carbocycles. The van der Waals surface area contributed by atoms with Crippen molar-refractivity contribution in [1.29, 1.82) is 0 Å². The average molecular weight is 260 g/mol. The predicted molar refractivity (Wildman–Crippen MR) is 82.4 cm³/mol. The van der Waals surface area contributed by atoms with Crippen molar-refractivity contribution in [2.75, 3.05) is 19.6 Å². The SMILES string of the molecule is CCNC1CCN(C(C)c2ccc(C)cc2)CC1C. The Hall–Kier alpha value is -0.860. The molecular weight excluding hydrogens is 232 g/mol. The molecule has 0 aromatic heterocycles. The zero-order valence-electron chi connectivity index (χ0n) is 12.8. The van der Waals surface area contributed by atoms with E-state index in [-0.39, 0.29) is 0 Å². The maximum Gasteiger partial charge on any atom is 0.0320 e. The molecule has 2 nitrogen and oxygen atoms in total. The van der Waals surface area contributed by atoms with Crippen molar-refractivity contribution < 1.29 is 0 Å². The quantitative estimate of drug-likeness (QED) is 0.893. The van der Waals surface area contributed by atoms with Crippen molar-refractivity contribution in [1.82, 2.24) is 10.2 Å². The molecule has 19 heavy (non-hydrogen) atoms. The largest absolute Gasteiger partial charge is 0.314 e. The Balaban J connectivity index is 1.97. The molecule has 0 bridgehead atoms. The first-order valence-electron chi connectivity index (χ1n) is 7.65. The number of hydrogen-bond donors (Lipinski definition) is 1. The van der Waals surface area contributed by atoms with Gasteiger partial charge in [-0.15, -0.1) is 0 Å². The van der Waals surface area contributed by atoms with E-state index in [1.54, 1.807) is 0 Å². The number of rotatable bonds is 4. The monoisotopic (exact) mass is 260 g/mol. The van der Waals surface area contributed by atoms with Gasteiger partial charge in [0.15, 0.2) is 0 Å². The van der Waals surface area contributed by atoms with Crippen LogP contribution in [0.15, 0.2) is 24.3 Å². The minimum absolute atomic E-state index is 0.533. The van der Waals surface area contributed by atoms with Crippen LogP contribution in [0.1, 0.15) is 44.4 Å². The average Bonchev–Trinajstić information content (AvgIpc) is 2.41. The third kappa shape index (κ3) is 3.58. The zero-order valence-corrected chi connectivity index (χ0v) is 12.8. The van der Waals surface area contributed by atoms with Crippen LogP contribution in [0.25, 0.3) is 0 Å². The number of hydrogen-bond acceptors (Lipinski definition) is 2. The van der Waals surface area contributed by atoms with Gasteiger partial charge in [-0.05, 0) is 38.3 Å². The maximum atomic E-state index is 3.61. The third-order valence-electron chi connectivity index (χ3n) is 4.51. The van der Waals surface area contributed by atoms with E-state index in [0.717, 1.165) is 12.5 Å². The number of nitrogens with zero attached hydrogens (tertiary/aromatic N) is 1. The van der Waals surface area contributed by atoms with E-state index in [9.17, 15) is 0 Å². The third-order valence-corrected chi connectivity index (χ3v) is 4.51. The van der Waals surface area contributed by atoms with E-state index < -0.39 is 0 Å². The van der Waals surface area contributed by atoms with Crippen molar-refractivity contribution in [3.8, 4) is 0 Å². The highest BCUT2D eigenvalue weighted by molar-refractivity contribution is 5.23. The summed E-state index contributed by atoms with van der Waals surface area (Å²) in [5.41, 5.74) is 2.79. The van der Waals surface area contributed by atoms with E-state index >= 15 is 0 Å². The molecule has 0 amide bonds. The van der Waals surface area contributed by atoms with Crippen molar-refractivity contribution in [2.24, 2.45) is 5.92 Å². The molecule has 1 heterocycles. The molecule has 1 aromatic rings. The van der Waals surface area contributed by atoms with Gasteiger partial charge in [0, 0.05) is 25.2 Å². The van der Waals surface area contributed by atoms with Crippen LogP contribution >= 0.6 is 0 Å². The van der Waals surface area contributed by atoms with Gasteiger partial charge < -0.3 is 5.32 Å². The second-order valence-electron chi connectivity index (χ2n) is 6.01. The van der Waals surface area contributed by atoms with Crippen molar-refractivity contribution in [2.45, 2.75) is 46.2 Å². The maximum absolute atomic E-state index is 3.61. The van der Waals surface area contributed by atoms with Crippen LogP contribution in [0, 0.1) is 12.8 Å². The van der Waals surface area contributed by atoms with Gasteiger partial charge in [0.2, 0.25) is 0 Å².